The van der Waals surface area contributed by atoms with Crippen LogP contribution in [0.4, 0.5) is 43.9 Å². The zero-order chi connectivity index (χ0) is 24.5. The van der Waals surface area contributed by atoms with Gasteiger partial charge in [0, 0.05) is 25.0 Å². The second-order valence-electron chi connectivity index (χ2n) is 7.30. The molecular weight excluding hydrogens is 466 g/mol. The molecule has 0 spiro atoms. The second kappa shape index (κ2) is 8.73. The van der Waals surface area contributed by atoms with E-state index in [1.165, 1.54) is 12.1 Å². The lowest BCUT2D eigenvalue weighted by Crippen LogP contribution is -2.23. The standard InChI is InChI=1S/C20H14F6N8/c21-19(22,23)14-3-1-2-13(30-14)16-31-17(29-12-4-6-28-15(8-12)20(24,25)26)33-18(32-16)34-7-5-11(9-27)10-34/h1-4,6,8,11H,5,7,10H2,(H,28,29,31,32,33). The van der Waals surface area contributed by atoms with E-state index in [1.54, 1.807) is 4.90 Å². The van der Waals surface area contributed by atoms with Crippen LogP contribution in [-0.2, 0) is 12.4 Å². The number of alkyl halides is 6. The SMILES string of the molecule is N#CC1CCN(c2nc(Nc3ccnc(C(F)(F)F)c3)nc(-c3cccc(C(F)(F)F)n3)n2)C1. The number of nitrogens with zero attached hydrogens (tertiary/aromatic N) is 7. The fourth-order valence-electron chi connectivity index (χ4n) is 3.23. The Hall–Kier alpha value is -4.02. The van der Waals surface area contributed by atoms with E-state index in [-0.39, 0.29) is 41.6 Å². The molecule has 1 saturated heterocycles. The number of aromatic nitrogens is 5. The lowest BCUT2D eigenvalue weighted by molar-refractivity contribution is -0.141. The molecule has 1 unspecified atom stereocenters. The minimum Gasteiger partial charge on any atom is -0.339 e. The average molecular weight is 480 g/mol. The summed E-state index contributed by atoms with van der Waals surface area (Å²) in [5, 5.41) is 11.8. The van der Waals surface area contributed by atoms with E-state index in [0.29, 0.717) is 13.0 Å². The Balaban J connectivity index is 1.75. The molecular formula is C20H14F6N8. The molecule has 0 aliphatic carbocycles. The number of hydrogen-bond acceptors (Lipinski definition) is 8. The maximum atomic E-state index is 13.1. The van der Waals surface area contributed by atoms with Gasteiger partial charge in [-0.05, 0) is 30.7 Å². The molecule has 3 aromatic rings. The molecule has 0 aromatic carbocycles. The molecule has 1 N–H and O–H groups in total. The first-order chi connectivity index (χ1) is 16.0. The van der Waals surface area contributed by atoms with Crippen molar-refractivity contribution in [1.29, 1.82) is 5.26 Å². The summed E-state index contributed by atoms with van der Waals surface area (Å²) in [6.45, 7) is 0.688. The van der Waals surface area contributed by atoms with Crippen molar-refractivity contribution in [3.8, 4) is 17.6 Å². The molecule has 0 saturated carbocycles. The van der Waals surface area contributed by atoms with Gasteiger partial charge in [0.15, 0.2) is 5.82 Å². The van der Waals surface area contributed by atoms with E-state index in [9.17, 15) is 26.3 Å². The van der Waals surface area contributed by atoms with Gasteiger partial charge in [0.25, 0.3) is 0 Å². The number of hydrogen-bond donors (Lipinski definition) is 1. The van der Waals surface area contributed by atoms with Crippen LogP contribution in [0, 0.1) is 17.2 Å². The van der Waals surface area contributed by atoms with Gasteiger partial charge in [-0.3, -0.25) is 4.98 Å². The average Bonchev–Trinajstić information content (AvgIpc) is 3.28. The van der Waals surface area contributed by atoms with Crippen LogP contribution < -0.4 is 10.2 Å². The van der Waals surface area contributed by atoms with E-state index in [1.807, 2.05) is 0 Å². The third-order valence-corrected chi connectivity index (χ3v) is 4.85. The Morgan fingerprint density at radius 3 is 2.41 bits per heavy atom. The highest BCUT2D eigenvalue weighted by Crippen LogP contribution is 2.31. The van der Waals surface area contributed by atoms with Crippen LogP contribution in [0.1, 0.15) is 17.8 Å². The molecule has 4 heterocycles. The van der Waals surface area contributed by atoms with Crippen LogP contribution in [0.5, 0.6) is 0 Å². The predicted molar refractivity (Wildman–Crippen MR) is 107 cm³/mol. The van der Waals surface area contributed by atoms with Gasteiger partial charge in [0.2, 0.25) is 11.9 Å². The largest absolute Gasteiger partial charge is 0.433 e. The Morgan fingerprint density at radius 2 is 1.74 bits per heavy atom. The fraction of sp³-hybridized carbons (Fsp3) is 0.300. The van der Waals surface area contributed by atoms with Crippen molar-refractivity contribution in [3.63, 3.8) is 0 Å². The first-order valence-electron chi connectivity index (χ1n) is 9.78. The Bertz CT molecular complexity index is 1240. The molecule has 3 aromatic heterocycles. The zero-order valence-electron chi connectivity index (χ0n) is 17.1. The number of halogens is 6. The predicted octanol–water partition coefficient (Wildman–Crippen LogP) is 4.46. The molecule has 1 fully saturated rings. The lowest BCUT2D eigenvalue weighted by Gasteiger charge is -2.17. The van der Waals surface area contributed by atoms with Crippen LogP contribution in [0.15, 0.2) is 36.5 Å². The summed E-state index contributed by atoms with van der Waals surface area (Å²) in [4.78, 5) is 21.0. The van der Waals surface area contributed by atoms with Crippen LogP contribution in [-0.4, -0.2) is 38.0 Å². The number of anilines is 3. The first-order valence-corrected chi connectivity index (χ1v) is 9.78. The van der Waals surface area contributed by atoms with Gasteiger partial charge in [0.05, 0.1) is 12.0 Å². The van der Waals surface area contributed by atoms with E-state index >= 15 is 0 Å². The number of rotatable bonds is 4. The van der Waals surface area contributed by atoms with E-state index in [4.69, 9.17) is 5.26 Å². The monoisotopic (exact) mass is 480 g/mol. The zero-order valence-corrected chi connectivity index (χ0v) is 17.1. The Labute approximate surface area is 188 Å². The highest BCUT2D eigenvalue weighted by Gasteiger charge is 2.34. The third-order valence-electron chi connectivity index (χ3n) is 4.85. The van der Waals surface area contributed by atoms with Gasteiger partial charge < -0.3 is 10.2 Å². The maximum absolute atomic E-state index is 13.1. The van der Waals surface area contributed by atoms with E-state index < -0.39 is 23.7 Å². The Morgan fingerprint density at radius 1 is 0.971 bits per heavy atom. The van der Waals surface area contributed by atoms with Crippen molar-refractivity contribution in [1.82, 2.24) is 24.9 Å². The normalized spacial score (nSPS) is 16.4. The van der Waals surface area contributed by atoms with E-state index in [0.717, 1.165) is 24.4 Å². The first kappa shape index (κ1) is 23.1. The van der Waals surface area contributed by atoms with Gasteiger partial charge >= 0.3 is 12.4 Å². The molecule has 14 heteroatoms. The van der Waals surface area contributed by atoms with Crippen LogP contribution in [0.2, 0.25) is 0 Å². The summed E-state index contributed by atoms with van der Waals surface area (Å²) in [6.07, 6.45) is -7.91. The van der Waals surface area contributed by atoms with Crippen molar-refractivity contribution < 1.29 is 26.3 Å². The topological polar surface area (TPSA) is 104 Å². The quantitative estimate of drug-likeness (QED) is 0.546. The highest BCUT2D eigenvalue weighted by atomic mass is 19.4. The summed E-state index contributed by atoms with van der Waals surface area (Å²) in [7, 11) is 0. The van der Waals surface area contributed by atoms with Gasteiger partial charge in [-0.1, -0.05) is 6.07 Å². The third kappa shape index (κ3) is 5.13. The Kier molecular flexibility index (Phi) is 5.94. The smallest absolute Gasteiger partial charge is 0.339 e. The summed E-state index contributed by atoms with van der Waals surface area (Å²) >= 11 is 0. The molecule has 34 heavy (non-hydrogen) atoms. The lowest BCUT2D eigenvalue weighted by atomic mass is 10.1. The summed E-state index contributed by atoms with van der Waals surface area (Å²) in [6, 6.07) is 7.33. The number of nitrogens with one attached hydrogen (secondary N) is 1. The molecule has 0 bridgehead atoms. The number of pyridine rings is 2. The molecule has 1 atom stereocenters. The van der Waals surface area contributed by atoms with Crippen molar-refractivity contribution >= 4 is 17.6 Å². The summed E-state index contributed by atoms with van der Waals surface area (Å²) in [5.41, 5.74) is -2.55. The van der Waals surface area contributed by atoms with Crippen LogP contribution in [0.3, 0.4) is 0 Å². The van der Waals surface area contributed by atoms with Gasteiger partial charge in [-0.25, -0.2) is 4.98 Å². The molecule has 1 aliphatic heterocycles. The fourth-order valence-corrected chi connectivity index (χ4v) is 3.23. The molecule has 0 radical (unpaired) electrons. The minimum atomic E-state index is -4.70. The summed E-state index contributed by atoms with van der Waals surface area (Å²) < 4.78 is 78.4. The summed E-state index contributed by atoms with van der Waals surface area (Å²) in [5.74, 6) is -0.671. The molecule has 176 valence electrons. The van der Waals surface area contributed by atoms with Gasteiger partial charge in [-0.2, -0.15) is 46.6 Å². The van der Waals surface area contributed by atoms with Gasteiger partial charge in [0.1, 0.15) is 17.1 Å². The van der Waals surface area contributed by atoms with E-state index in [2.05, 4.69) is 36.3 Å². The van der Waals surface area contributed by atoms with Crippen LogP contribution >= 0.6 is 0 Å². The van der Waals surface area contributed by atoms with Crippen molar-refractivity contribution in [2.45, 2.75) is 18.8 Å². The van der Waals surface area contributed by atoms with Crippen molar-refractivity contribution in [2.75, 3.05) is 23.3 Å². The van der Waals surface area contributed by atoms with Crippen LogP contribution in [0.25, 0.3) is 11.5 Å². The number of nitriles is 1. The molecule has 0 amide bonds. The molecule has 1 aliphatic rings. The van der Waals surface area contributed by atoms with Crippen molar-refractivity contribution in [2.24, 2.45) is 5.92 Å². The second-order valence-corrected chi connectivity index (χ2v) is 7.30. The minimum absolute atomic E-state index is 0.0428. The van der Waals surface area contributed by atoms with Gasteiger partial charge in [-0.15, -0.1) is 0 Å². The van der Waals surface area contributed by atoms with Crippen molar-refractivity contribution in [3.05, 3.63) is 47.9 Å². The molecule has 4 rings (SSSR count). The highest BCUT2D eigenvalue weighted by molar-refractivity contribution is 5.59. The molecule has 8 nitrogen and oxygen atoms in total. The maximum Gasteiger partial charge on any atom is 0.433 e.